The Labute approximate surface area is 122 Å². The highest BCUT2D eigenvalue weighted by Crippen LogP contribution is 2.40. The number of nitrogens with two attached hydrogens (primary N) is 1. The maximum atomic E-state index is 5.98. The van der Waals surface area contributed by atoms with Gasteiger partial charge in [0.2, 0.25) is 5.88 Å². The van der Waals surface area contributed by atoms with E-state index < -0.39 is 0 Å². The summed E-state index contributed by atoms with van der Waals surface area (Å²) in [6.07, 6.45) is 1.74. The number of nitrogen functional groups attached to an aromatic ring is 1. The molecule has 0 atom stereocenters. The zero-order chi connectivity index (χ0) is 14.8. The summed E-state index contributed by atoms with van der Waals surface area (Å²) in [5, 5.41) is 4.10. The molecule has 0 aliphatic rings. The van der Waals surface area contributed by atoms with Gasteiger partial charge in [-0.3, -0.25) is 4.98 Å². The standard InChI is InChI=1S/C16H15N3O2/c1-10-11(7-5-9-18-10)15-14(16(17)21-19-15)12-6-3-4-8-13(12)20-2/h3-9H,17H2,1-2H3. The van der Waals surface area contributed by atoms with Crippen molar-refractivity contribution >= 4 is 5.88 Å². The summed E-state index contributed by atoms with van der Waals surface area (Å²) in [6.45, 7) is 1.92. The summed E-state index contributed by atoms with van der Waals surface area (Å²) in [6, 6.07) is 11.4. The van der Waals surface area contributed by atoms with Gasteiger partial charge in [0.1, 0.15) is 11.4 Å². The normalized spacial score (nSPS) is 10.6. The zero-order valence-corrected chi connectivity index (χ0v) is 11.8. The molecule has 2 N–H and O–H groups in total. The smallest absolute Gasteiger partial charge is 0.230 e. The van der Waals surface area contributed by atoms with Gasteiger partial charge in [-0.15, -0.1) is 0 Å². The summed E-state index contributed by atoms with van der Waals surface area (Å²) in [4.78, 5) is 4.29. The van der Waals surface area contributed by atoms with Crippen LogP contribution in [-0.2, 0) is 0 Å². The molecule has 0 bridgehead atoms. The maximum Gasteiger partial charge on any atom is 0.230 e. The molecule has 5 nitrogen and oxygen atoms in total. The predicted molar refractivity (Wildman–Crippen MR) is 80.9 cm³/mol. The molecule has 0 aliphatic heterocycles. The largest absolute Gasteiger partial charge is 0.496 e. The zero-order valence-electron chi connectivity index (χ0n) is 11.8. The van der Waals surface area contributed by atoms with E-state index in [4.69, 9.17) is 15.0 Å². The molecule has 106 valence electrons. The summed E-state index contributed by atoms with van der Waals surface area (Å²) in [5.74, 6) is 0.980. The van der Waals surface area contributed by atoms with Crippen molar-refractivity contribution < 1.29 is 9.26 Å². The summed E-state index contributed by atoms with van der Waals surface area (Å²) in [7, 11) is 1.62. The van der Waals surface area contributed by atoms with Crippen LogP contribution >= 0.6 is 0 Å². The number of methoxy groups -OCH3 is 1. The van der Waals surface area contributed by atoms with Crippen molar-refractivity contribution in [2.24, 2.45) is 0 Å². The Morgan fingerprint density at radius 3 is 2.62 bits per heavy atom. The number of ether oxygens (including phenoxy) is 1. The summed E-state index contributed by atoms with van der Waals surface area (Å²) in [5.41, 5.74) is 9.97. The minimum atomic E-state index is 0.262. The lowest BCUT2D eigenvalue weighted by molar-refractivity contribution is 0.416. The maximum absolute atomic E-state index is 5.98. The van der Waals surface area contributed by atoms with Crippen LogP contribution in [0.1, 0.15) is 5.69 Å². The van der Waals surface area contributed by atoms with E-state index in [0.29, 0.717) is 5.69 Å². The van der Waals surface area contributed by atoms with E-state index in [-0.39, 0.29) is 5.88 Å². The van der Waals surface area contributed by atoms with Crippen molar-refractivity contribution in [1.29, 1.82) is 0 Å². The summed E-state index contributed by atoms with van der Waals surface area (Å²) >= 11 is 0. The van der Waals surface area contributed by atoms with Crippen LogP contribution in [0.25, 0.3) is 22.4 Å². The molecule has 5 heteroatoms. The number of nitrogens with zero attached hydrogens (tertiary/aromatic N) is 2. The van der Waals surface area contributed by atoms with Gasteiger partial charge in [-0.1, -0.05) is 23.4 Å². The Morgan fingerprint density at radius 2 is 1.86 bits per heavy atom. The molecule has 21 heavy (non-hydrogen) atoms. The van der Waals surface area contributed by atoms with Gasteiger partial charge in [0.25, 0.3) is 0 Å². The highest BCUT2D eigenvalue weighted by molar-refractivity contribution is 5.89. The van der Waals surface area contributed by atoms with Crippen LogP contribution in [0.2, 0.25) is 0 Å². The number of anilines is 1. The molecule has 3 rings (SSSR count). The van der Waals surface area contributed by atoms with E-state index in [1.165, 1.54) is 0 Å². The van der Waals surface area contributed by atoms with Gasteiger partial charge in [0.05, 0.1) is 12.7 Å². The van der Waals surface area contributed by atoms with E-state index in [0.717, 1.165) is 28.1 Å². The molecule has 0 saturated heterocycles. The van der Waals surface area contributed by atoms with Crippen molar-refractivity contribution in [3.63, 3.8) is 0 Å². The molecule has 0 radical (unpaired) electrons. The van der Waals surface area contributed by atoms with Gasteiger partial charge >= 0.3 is 0 Å². The van der Waals surface area contributed by atoms with E-state index in [1.807, 2.05) is 43.3 Å². The van der Waals surface area contributed by atoms with E-state index in [1.54, 1.807) is 13.3 Å². The fourth-order valence-electron chi connectivity index (χ4n) is 2.33. The average molecular weight is 281 g/mol. The van der Waals surface area contributed by atoms with Crippen LogP contribution in [0.5, 0.6) is 5.75 Å². The van der Waals surface area contributed by atoms with Gasteiger partial charge in [-0.05, 0) is 25.1 Å². The molecular formula is C16H15N3O2. The number of pyridine rings is 1. The van der Waals surface area contributed by atoms with E-state index in [9.17, 15) is 0 Å². The van der Waals surface area contributed by atoms with Crippen LogP contribution in [-0.4, -0.2) is 17.3 Å². The number of benzene rings is 1. The van der Waals surface area contributed by atoms with Crippen molar-refractivity contribution in [3.05, 3.63) is 48.3 Å². The molecule has 0 unspecified atom stereocenters. The molecular weight excluding hydrogens is 266 g/mol. The first kappa shape index (κ1) is 13.2. The lowest BCUT2D eigenvalue weighted by atomic mass is 9.99. The van der Waals surface area contributed by atoms with Crippen LogP contribution in [0.3, 0.4) is 0 Å². The molecule has 2 heterocycles. The van der Waals surface area contributed by atoms with Gasteiger partial charge in [0, 0.05) is 23.0 Å². The molecule has 0 spiro atoms. The second kappa shape index (κ2) is 5.28. The van der Waals surface area contributed by atoms with Crippen molar-refractivity contribution in [1.82, 2.24) is 10.1 Å². The minimum absolute atomic E-state index is 0.262. The van der Waals surface area contributed by atoms with Gasteiger partial charge in [0.15, 0.2) is 0 Å². The molecule has 0 aliphatic carbocycles. The number of rotatable bonds is 3. The third-order valence-corrected chi connectivity index (χ3v) is 3.36. The fourth-order valence-corrected chi connectivity index (χ4v) is 2.33. The number of hydrogen-bond acceptors (Lipinski definition) is 5. The van der Waals surface area contributed by atoms with Crippen molar-refractivity contribution in [3.8, 4) is 28.1 Å². The molecule has 1 aromatic carbocycles. The van der Waals surface area contributed by atoms with Gasteiger partial charge < -0.3 is 15.0 Å². The fraction of sp³-hybridized carbons (Fsp3) is 0.125. The third-order valence-electron chi connectivity index (χ3n) is 3.36. The van der Waals surface area contributed by atoms with Crippen LogP contribution in [0.15, 0.2) is 47.1 Å². The molecule has 2 aromatic heterocycles. The average Bonchev–Trinajstić information content (AvgIpc) is 2.89. The highest BCUT2D eigenvalue weighted by Gasteiger charge is 2.21. The highest BCUT2D eigenvalue weighted by atomic mass is 16.5. The molecule has 0 fully saturated rings. The SMILES string of the molecule is COc1ccccc1-c1c(-c2cccnc2C)noc1N. The Balaban J connectivity index is 2.25. The Morgan fingerprint density at radius 1 is 1.10 bits per heavy atom. The topological polar surface area (TPSA) is 74.2 Å². The first-order valence-corrected chi connectivity index (χ1v) is 6.53. The number of para-hydroxylation sites is 1. The van der Waals surface area contributed by atoms with Crippen LogP contribution in [0, 0.1) is 6.92 Å². The minimum Gasteiger partial charge on any atom is -0.496 e. The Kier molecular flexibility index (Phi) is 3.31. The summed E-state index contributed by atoms with van der Waals surface area (Å²) < 4.78 is 10.6. The monoisotopic (exact) mass is 281 g/mol. The van der Waals surface area contributed by atoms with Gasteiger partial charge in [-0.25, -0.2) is 0 Å². The predicted octanol–water partition coefficient (Wildman–Crippen LogP) is 3.30. The van der Waals surface area contributed by atoms with Crippen LogP contribution in [0.4, 0.5) is 5.88 Å². The number of aryl methyl sites for hydroxylation is 1. The second-order valence-electron chi connectivity index (χ2n) is 4.61. The molecule has 0 saturated carbocycles. The number of aromatic nitrogens is 2. The lowest BCUT2D eigenvalue weighted by Gasteiger charge is -2.09. The Hall–Kier alpha value is -2.82. The van der Waals surface area contributed by atoms with E-state index >= 15 is 0 Å². The third kappa shape index (κ3) is 2.23. The van der Waals surface area contributed by atoms with Crippen LogP contribution < -0.4 is 10.5 Å². The van der Waals surface area contributed by atoms with Gasteiger partial charge in [-0.2, -0.15) is 0 Å². The second-order valence-corrected chi connectivity index (χ2v) is 4.61. The number of hydrogen-bond donors (Lipinski definition) is 1. The van der Waals surface area contributed by atoms with E-state index in [2.05, 4.69) is 10.1 Å². The van der Waals surface area contributed by atoms with Crippen molar-refractivity contribution in [2.45, 2.75) is 6.92 Å². The molecule has 3 aromatic rings. The Bertz CT molecular complexity index is 781. The first-order valence-electron chi connectivity index (χ1n) is 6.53. The quantitative estimate of drug-likeness (QED) is 0.797. The first-order chi connectivity index (χ1) is 10.2. The lowest BCUT2D eigenvalue weighted by Crippen LogP contribution is -1.93. The molecule has 0 amide bonds. The van der Waals surface area contributed by atoms with Crippen molar-refractivity contribution in [2.75, 3.05) is 12.8 Å².